The van der Waals surface area contributed by atoms with E-state index in [1.807, 2.05) is 23.3 Å². The van der Waals surface area contributed by atoms with Crippen LogP contribution in [0.4, 0.5) is 0 Å². The van der Waals surface area contributed by atoms with Crippen LogP contribution in [0.1, 0.15) is 41.6 Å². The number of rotatable bonds is 7. The van der Waals surface area contributed by atoms with Crippen molar-refractivity contribution in [2.75, 3.05) is 20.2 Å². The second kappa shape index (κ2) is 9.26. The Morgan fingerprint density at radius 3 is 2.61 bits per heavy atom. The number of carbonyl (C=O) groups is 1. The van der Waals surface area contributed by atoms with Crippen LogP contribution < -0.4 is 10.1 Å². The quantitative estimate of drug-likeness (QED) is 0.632. The average Bonchev–Trinajstić information content (AvgIpc) is 3.40. The maximum absolute atomic E-state index is 11.5. The van der Waals surface area contributed by atoms with E-state index in [1.54, 1.807) is 7.11 Å². The van der Waals surface area contributed by atoms with E-state index in [1.165, 1.54) is 18.2 Å². The van der Waals surface area contributed by atoms with Gasteiger partial charge in [-0.1, -0.05) is 17.7 Å². The Morgan fingerprint density at radius 1 is 1.19 bits per heavy atom. The van der Waals surface area contributed by atoms with Crippen molar-refractivity contribution in [2.45, 2.75) is 39.3 Å². The van der Waals surface area contributed by atoms with Crippen LogP contribution in [0.25, 0.3) is 5.69 Å². The Kier molecular flexibility index (Phi) is 6.27. The molecule has 162 valence electrons. The van der Waals surface area contributed by atoms with Crippen molar-refractivity contribution in [1.29, 1.82) is 0 Å². The van der Waals surface area contributed by atoms with Gasteiger partial charge in [-0.3, -0.25) is 9.69 Å². The molecule has 3 aromatic rings. The van der Waals surface area contributed by atoms with E-state index in [9.17, 15) is 4.79 Å². The Hall–Kier alpha value is -3.26. The highest BCUT2D eigenvalue weighted by Gasteiger charge is 2.29. The highest BCUT2D eigenvalue weighted by molar-refractivity contribution is 5.72. The van der Waals surface area contributed by atoms with Crippen molar-refractivity contribution in [3.05, 3.63) is 65.2 Å². The lowest BCUT2D eigenvalue weighted by molar-refractivity contribution is -0.119. The summed E-state index contributed by atoms with van der Waals surface area (Å²) in [6.45, 7) is 6.79. The highest BCUT2D eigenvalue weighted by Crippen LogP contribution is 2.32. The average molecular weight is 421 g/mol. The van der Waals surface area contributed by atoms with Gasteiger partial charge in [0.2, 0.25) is 5.91 Å². The smallest absolute Gasteiger partial charge is 0.316 e. The monoisotopic (exact) mass is 420 g/mol. The van der Waals surface area contributed by atoms with E-state index in [-0.39, 0.29) is 5.91 Å². The Morgan fingerprint density at radius 2 is 1.94 bits per heavy atom. The number of benzene rings is 1. The molecule has 0 saturated carbocycles. The topological polar surface area (TPSA) is 85.2 Å². The molecule has 0 spiro atoms. The molecule has 1 aromatic carbocycles. The van der Waals surface area contributed by atoms with E-state index >= 15 is 0 Å². The normalized spacial score (nSPS) is 16.4. The van der Waals surface area contributed by atoms with Gasteiger partial charge in [-0.05, 0) is 32.0 Å². The summed E-state index contributed by atoms with van der Waals surface area (Å²) < 4.78 is 7.07. The third-order valence-corrected chi connectivity index (χ3v) is 5.62. The molecule has 1 amide bonds. The first-order valence-electron chi connectivity index (χ1n) is 10.5. The first kappa shape index (κ1) is 21.0. The summed E-state index contributed by atoms with van der Waals surface area (Å²) in [6, 6.07) is 8.76. The van der Waals surface area contributed by atoms with Gasteiger partial charge in [0.05, 0.1) is 24.7 Å². The number of amides is 1. The molecule has 3 heterocycles. The lowest BCUT2D eigenvalue weighted by Gasteiger charge is -2.18. The number of methoxy groups -OCH3 is 1. The zero-order chi connectivity index (χ0) is 21.8. The first-order chi connectivity index (χ1) is 15.0. The number of ether oxygens (including phenoxy) is 1. The minimum atomic E-state index is -0.0402. The van der Waals surface area contributed by atoms with Crippen LogP contribution in [0.2, 0.25) is 0 Å². The van der Waals surface area contributed by atoms with Crippen molar-refractivity contribution in [3.63, 3.8) is 0 Å². The van der Waals surface area contributed by atoms with Crippen molar-refractivity contribution >= 4 is 5.91 Å². The van der Waals surface area contributed by atoms with E-state index in [2.05, 4.69) is 56.5 Å². The molecule has 4 rings (SSSR count). The van der Waals surface area contributed by atoms with Gasteiger partial charge in [-0.25, -0.2) is 14.6 Å². The summed E-state index contributed by atoms with van der Waals surface area (Å²) in [4.78, 5) is 22.3. The van der Waals surface area contributed by atoms with E-state index in [0.29, 0.717) is 18.5 Å². The van der Waals surface area contributed by atoms with Gasteiger partial charge in [0.25, 0.3) is 0 Å². The second-order valence-electron chi connectivity index (χ2n) is 8.01. The molecule has 1 saturated heterocycles. The van der Waals surface area contributed by atoms with E-state index < -0.39 is 0 Å². The van der Waals surface area contributed by atoms with E-state index in [0.717, 1.165) is 42.9 Å². The van der Waals surface area contributed by atoms with Gasteiger partial charge in [-0.2, -0.15) is 5.10 Å². The fourth-order valence-electron chi connectivity index (χ4n) is 4.06. The Labute approximate surface area is 182 Å². The standard InChI is InChI=1S/C23H28N6O2/c1-16-4-6-21(7-5-16)29-22(20(13-27-29)12-24-17(2)30)19-8-9-28(15-19)14-18-10-25-23(31-3)26-11-18/h4-7,10-11,13,19H,8-9,12,14-15H2,1-3H3,(H,24,30)/t19-/m1/s1. The van der Waals surface area contributed by atoms with Crippen molar-refractivity contribution in [2.24, 2.45) is 0 Å². The third-order valence-electron chi connectivity index (χ3n) is 5.62. The molecule has 1 atom stereocenters. The number of carbonyl (C=O) groups excluding carboxylic acids is 1. The maximum atomic E-state index is 11.5. The minimum absolute atomic E-state index is 0.0402. The molecule has 0 bridgehead atoms. The summed E-state index contributed by atoms with van der Waals surface area (Å²) in [5, 5.41) is 7.61. The summed E-state index contributed by atoms with van der Waals surface area (Å²) in [5.74, 6) is 0.285. The highest BCUT2D eigenvalue weighted by atomic mass is 16.5. The SMILES string of the molecule is COc1ncc(CN2CC[C@@H](c3c(CNC(C)=O)cnn3-c3ccc(C)cc3)C2)cn1. The number of nitrogens with zero attached hydrogens (tertiary/aromatic N) is 5. The summed E-state index contributed by atoms with van der Waals surface area (Å²) in [6.07, 6.45) is 6.54. The molecule has 1 N–H and O–H groups in total. The second-order valence-corrected chi connectivity index (χ2v) is 8.01. The van der Waals surface area contributed by atoms with Crippen molar-refractivity contribution < 1.29 is 9.53 Å². The van der Waals surface area contributed by atoms with Gasteiger partial charge < -0.3 is 10.1 Å². The Bertz CT molecular complexity index is 1030. The fraction of sp³-hybridized carbons (Fsp3) is 0.391. The molecule has 8 nitrogen and oxygen atoms in total. The molecule has 1 fully saturated rings. The van der Waals surface area contributed by atoms with Gasteiger partial charge in [-0.15, -0.1) is 0 Å². The first-order valence-corrected chi connectivity index (χ1v) is 10.5. The van der Waals surface area contributed by atoms with Gasteiger partial charge >= 0.3 is 6.01 Å². The van der Waals surface area contributed by atoms with E-state index in [4.69, 9.17) is 4.74 Å². The lowest BCUT2D eigenvalue weighted by atomic mass is 10.00. The molecule has 8 heteroatoms. The van der Waals surface area contributed by atoms with Crippen molar-refractivity contribution in [1.82, 2.24) is 30.0 Å². The maximum Gasteiger partial charge on any atom is 0.316 e. The number of hydrogen-bond donors (Lipinski definition) is 1. The van der Waals surface area contributed by atoms with Crippen molar-refractivity contribution in [3.8, 4) is 11.7 Å². The third kappa shape index (κ3) is 4.91. The fourth-order valence-corrected chi connectivity index (χ4v) is 4.06. The number of aryl methyl sites for hydroxylation is 1. The van der Waals surface area contributed by atoms with Crippen LogP contribution in [0.15, 0.2) is 42.9 Å². The largest absolute Gasteiger partial charge is 0.467 e. The van der Waals surface area contributed by atoms with Crippen LogP contribution >= 0.6 is 0 Å². The number of aromatic nitrogens is 4. The molecule has 0 radical (unpaired) electrons. The lowest BCUT2D eigenvalue weighted by Crippen LogP contribution is -2.22. The molecule has 1 aliphatic rings. The van der Waals surface area contributed by atoms with Crippen LogP contribution in [-0.4, -0.2) is 50.8 Å². The number of nitrogens with one attached hydrogen (secondary N) is 1. The molecule has 0 aliphatic carbocycles. The summed E-state index contributed by atoms with van der Waals surface area (Å²) >= 11 is 0. The number of hydrogen-bond acceptors (Lipinski definition) is 6. The predicted octanol–water partition coefficient (Wildman–Crippen LogP) is 2.60. The summed E-state index contributed by atoms with van der Waals surface area (Å²) in [5.41, 5.74) is 5.55. The van der Waals surface area contributed by atoms with Gasteiger partial charge in [0.1, 0.15) is 0 Å². The minimum Gasteiger partial charge on any atom is -0.467 e. The zero-order valence-electron chi connectivity index (χ0n) is 18.2. The van der Waals surface area contributed by atoms with Crippen LogP contribution in [0.5, 0.6) is 6.01 Å². The summed E-state index contributed by atoms with van der Waals surface area (Å²) in [7, 11) is 1.57. The molecule has 2 aromatic heterocycles. The number of likely N-dealkylation sites (tertiary alicyclic amines) is 1. The van der Waals surface area contributed by atoms with Crippen LogP contribution in [-0.2, 0) is 17.9 Å². The molecular formula is C23H28N6O2. The molecule has 0 unspecified atom stereocenters. The van der Waals surface area contributed by atoms with Crippen LogP contribution in [0.3, 0.4) is 0 Å². The van der Waals surface area contributed by atoms with Gasteiger partial charge in [0.15, 0.2) is 0 Å². The molecule has 31 heavy (non-hydrogen) atoms. The van der Waals surface area contributed by atoms with Gasteiger partial charge in [0, 0.05) is 56.0 Å². The molecule has 1 aliphatic heterocycles. The molecular weight excluding hydrogens is 392 g/mol. The Balaban J connectivity index is 1.55. The zero-order valence-corrected chi connectivity index (χ0v) is 18.2. The predicted molar refractivity (Wildman–Crippen MR) is 117 cm³/mol. The van der Waals surface area contributed by atoms with Crippen LogP contribution in [0, 0.1) is 6.92 Å².